The second-order valence-electron chi connectivity index (χ2n) is 7.44. The Balaban J connectivity index is 1.37. The molecule has 1 aliphatic heterocycles. The summed E-state index contributed by atoms with van der Waals surface area (Å²) in [5.74, 6) is 0.0846. The zero-order valence-corrected chi connectivity index (χ0v) is 15.9. The van der Waals surface area contributed by atoms with E-state index >= 15 is 0 Å². The summed E-state index contributed by atoms with van der Waals surface area (Å²) < 4.78 is 27.6. The molecule has 5 rings (SSSR count). The number of carbonyl (C=O) groups is 1. The molecule has 1 aliphatic carbocycles. The molecule has 148 valence electrons. The number of halogens is 1. The maximum atomic E-state index is 14.1. The number of carbonyl (C=O) groups excluding carboxylic acids is 1. The molecule has 7 heteroatoms. The van der Waals surface area contributed by atoms with Crippen molar-refractivity contribution in [3.05, 3.63) is 65.7 Å². The molecule has 1 N–H and O–H groups in total. The lowest BCUT2D eigenvalue weighted by Gasteiger charge is -2.21. The van der Waals surface area contributed by atoms with Crippen LogP contribution in [-0.4, -0.2) is 21.5 Å². The quantitative estimate of drug-likeness (QED) is 0.706. The van der Waals surface area contributed by atoms with Crippen LogP contribution in [-0.2, 0) is 0 Å². The van der Waals surface area contributed by atoms with Gasteiger partial charge in [-0.15, -0.1) is 0 Å². The molecule has 3 aromatic rings. The number of hydrogen-bond donors (Lipinski definition) is 1. The van der Waals surface area contributed by atoms with Crippen LogP contribution in [0.15, 0.2) is 48.7 Å². The maximum Gasteiger partial charge on any atom is 0.259 e. The van der Waals surface area contributed by atoms with Crippen molar-refractivity contribution in [2.24, 2.45) is 0 Å². The predicted octanol–water partition coefficient (Wildman–Crippen LogP) is 4.61. The zero-order chi connectivity index (χ0) is 20.0. The van der Waals surface area contributed by atoms with E-state index in [1.165, 1.54) is 16.9 Å². The molecule has 2 aliphatic rings. The molecule has 0 radical (unpaired) electrons. The van der Waals surface area contributed by atoms with Gasteiger partial charge >= 0.3 is 0 Å². The second kappa shape index (κ2) is 6.62. The average Bonchev–Trinajstić information content (AvgIpc) is 3.41. The minimum atomic E-state index is -0.539. The number of hydrogen-bond acceptors (Lipinski definition) is 4. The third-order valence-electron chi connectivity index (χ3n) is 5.49. The third kappa shape index (κ3) is 3.03. The number of nitrogens with one attached hydrogen (secondary N) is 1. The highest BCUT2D eigenvalue weighted by Crippen LogP contribution is 2.47. The molecular weight excluding hydrogens is 373 g/mol. The summed E-state index contributed by atoms with van der Waals surface area (Å²) in [7, 11) is 0. The monoisotopic (exact) mass is 393 g/mol. The Hall–Kier alpha value is -3.35. The third-order valence-corrected chi connectivity index (χ3v) is 5.49. The van der Waals surface area contributed by atoms with E-state index in [-0.39, 0.29) is 5.91 Å². The summed E-state index contributed by atoms with van der Waals surface area (Å²) in [5.41, 5.74) is 1.83. The van der Waals surface area contributed by atoms with Crippen molar-refractivity contribution in [2.45, 2.75) is 38.4 Å². The van der Waals surface area contributed by atoms with Crippen LogP contribution in [0.4, 0.5) is 10.1 Å². The number of amides is 1. The molecule has 1 amide bonds. The predicted molar refractivity (Wildman–Crippen MR) is 105 cm³/mol. The Kier molecular flexibility index (Phi) is 4.04. The molecule has 1 fully saturated rings. The fourth-order valence-electron chi connectivity index (χ4n) is 3.99. The van der Waals surface area contributed by atoms with Gasteiger partial charge in [0.25, 0.3) is 11.7 Å². The molecule has 1 aromatic heterocycles. The smallest absolute Gasteiger partial charge is 0.259 e. The van der Waals surface area contributed by atoms with Gasteiger partial charge < -0.3 is 14.8 Å². The van der Waals surface area contributed by atoms with Crippen LogP contribution >= 0.6 is 0 Å². The lowest BCUT2D eigenvalue weighted by molar-refractivity contribution is -0.0716. The van der Waals surface area contributed by atoms with Gasteiger partial charge in [-0.05, 0) is 44.0 Å². The van der Waals surface area contributed by atoms with Gasteiger partial charge in [0, 0.05) is 24.6 Å². The largest absolute Gasteiger partial charge is 0.448 e. The Bertz CT molecular complexity index is 1100. The van der Waals surface area contributed by atoms with Crippen LogP contribution in [0.25, 0.3) is 5.69 Å². The lowest BCUT2D eigenvalue weighted by Crippen LogP contribution is -2.34. The van der Waals surface area contributed by atoms with Gasteiger partial charge in [-0.25, -0.2) is 9.07 Å². The maximum absolute atomic E-state index is 14.1. The van der Waals surface area contributed by atoms with E-state index in [0.717, 1.165) is 25.7 Å². The first-order valence-electron chi connectivity index (χ1n) is 9.68. The van der Waals surface area contributed by atoms with Crippen LogP contribution < -0.4 is 14.8 Å². The van der Waals surface area contributed by atoms with E-state index in [0.29, 0.717) is 34.1 Å². The van der Waals surface area contributed by atoms with Gasteiger partial charge in [-0.3, -0.25) is 4.79 Å². The molecule has 2 heterocycles. The summed E-state index contributed by atoms with van der Waals surface area (Å²) >= 11 is 0. The Morgan fingerprint density at radius 1 is 1.14 bits per heavy atom. The van der Waals surface area contributed by atoms with Gasteiger partial charge in [0.2, 0.25) is 0 Å². The summed E-state index contributed by atoms with van der Waals surface area (Å²) in [4.78, 5) is 12.8. The zero-order valence-electron chi connectivity index (χ0n) is 15.9. The van der Waals surface area contributed by atoms with E-state index in [9.17, 15) is 9.18 Å². The van der Waals surface area contributed by atoms with Crippen LogP contribution in [0.1, 0.15) is 41.7 Å². The van der Waals surface area contributed by atoms with Gasteiger partial charge in [0.1, 0.15) is 11.5 Å². The summed E-state index contributed by atoms with van der Waals surface area (Å²) in [6, 6.07) is 11.7. The van der Waals surface area contributed by atoms with Crippen molar-refractivity contribution in [3.8, 4) is 17.2 Å². The van der Waals surface area contributed by atoms with Gasteiger partial charge in [-0.1, -0.05) is 12.1 Å². The molecule has 0 bridgehead atoms. The molecule has 6 nitrogen and oxygen atoms in total. The van der Waals surface area contributed by atoms with E-state index < -0.39 is 11.6 Å². The molecule has 1 saturated carbocycles. The van der Waals surface area contributed by atoms with Crippen LogP contribution in [0, 0.1) is 12.7 Å². The van der Waals surface area contributed by atoms with Gasteiger partial charge in [0.05, 0.1) is 17.5 Å². The highest BCUT2D eigenvalue weighted by atomic mass is 19.1. The van der Waals surface area contributed by atoms with Crippen molar-refractivity contribution in [2.75, 3.05) is 5.32 Å². The molecule has 1 spiro atoms. The van der Waals surface area contributed by atoms with E-state index in [1.807, 2.05) is 6.07 Å². The molecule has 0 atom stereocenters. The van der Waals surface area contributed by atoms with Crippen LogP contribution in [0.5, 0.6) is 11.5 Å². The van der Waals surface area contributed by atoms with Crippen LogP contribution in [0.3, 0.4) is 0 Å². The Morgan fingerprint density at radius 3 is 2.69 bits per heavy atom. The van der Waals surface area contributed by atoms with Gasteiger partial charge in [-0.2, -0.15) is 5.10 Å². The van der Waals surface area contributed by atoms with Crippen molar-refractivity contribution in [1.29, 1.82) is 0 Å². The summed E-state index contributed by atoms with van der Waals surface area (Å²) in [6.07, 6.45) is 5.36. The number of aromatic nitrogens is 2. The second-order valence-corrected chi connectivity index (χ2v) is 7.44. The molecule has 2 aromatic carbocycles. The molecule has 0 unspecified atom stereocenters. The lowest BCUT2D eigenvalue weighted by atomic mass is 10.2. The van der Waals surface area contributed by atoms with E-state index in [2.05, 4.69) is 10.4 Å². The number of para-hydroxylation sites is 1. The van der Waals surface area contributed by atoms with E-state index in [4.69, 9.17) is 9.47 Å². The summed E-state index contributed by atoms with van der Waals surface area (Å²) in [5, 5.41) is 7.05. The van der Waals surface area contributed by atoms with Crippen molar-refractivity contribution in [3.63, 3.8) is 0 Å². The fourth-order valence-corrected chi connectivity index (χ4v) is 3.99. The number of rotatable bonds is 3. The number of ether oxygens (including phenoxy) is 2. The summed E-state index contributed by atoms with van der Waals surface area (Å²) in [6.45, 7) is 1.73. The average molecular weight is 393 g/mol. The molecule has 0 saturated heterocycles. The van der Waals surface area contributed by atoms with Crippen LogP contribution in [0.2, 0.25) is 0 Å². The molecular formula is C22H20FN3O3. The highest BCUT2D eigenvalue weighted by Gasteiger charge is 2.44. The number of anilines is 1. The standard InChI is InChI=1S/C22H20FN3O3/c1-14-16(13-24-26(14)18-7-3-2-6-17(18)23)21(27)25-15-8-9-19-20(12-15)29-22(28-19)10-4-5-11-22/h2-3,6-9,12-13H,4-5,10-11H2,1H3,(H,25,27). The first-order chi connectivity index (χ1) is 14.0. The van der Waals surface area contributed by atoms with Crippen molar-refractivity contribution in [1.82, 2.24) is 9.78 Å². The molecule has 29 heavy (non-hydrogen) atoms. The fraction of sp³-hybridized carbons (Fsp3) is 0.273. The topological polar surface area (TPSA) is 65.4 Å². The number of benzene rings is 2. The Morgan fingerprint density at radius 2 is 1.90 bits per heavy atom. The number of nitrogens with zero attached hydrogens (tertiary/aromatic N) is 2. The first kappa shape index (κ1) is 17.7. The minimum absolute atomic E-state index is 0.300. The Labute approximate surface area is 167 Å². The highest BCUT2D eigenvalue weighted by molar-refractivity contribution is 6.05. The van der Waals surface area contributed by atoms with E-state index in [1.54, 1.807) is 37.3 Å². The van der Waals surface area contributed by atoms with Crippen molar-refractivity contribution < 1.29 is 18.7 Å². The van der Waals surface area contributed by atoms with Gasteiger partial charge in [0.15, 0.2) is 11.5 Å². The normalized spacial score (nSPS) is 16.3. The SMILES string of the molecule is Cc1c(C(=O)Nc2ccc3c(c2)OC2(CCCC2)O3)cnn1-c1ccccc1F. The number of fused-ring (bicyclic) bond motifs is 1. The minimum Gasteiger partial charge on any atom is -0.448 e. The van der Waals surface area contributed by atoms with Crippen molar-refractivity contribution >= 4 is 11.6 Å². The first-order valence-corrected chi connectivity index (χ1v) is 9.68.